The van der Waals surface area contributed by atoms with Crippen molar-refractivity contribution in [3.63, 3.8) is 0 Å². The Kier molecular flexibility index (Phi) is 3.20. The molecule has 0 aliphatic carbocycles. The van der Waals surface area contributed by atoms with E-state index in [0.29, 0.717) is 33.6 Å². The normalized spacial score (nSPS) is 10.3. The van der Waals surface area contributed by atoms with Crippen LogP contribution in [0.3, 0.4) is 0 Å². The maximum Gasteiger partial charge on any atom is 0.346 e. The first-order valence-corrected chi connectivity index (χ1v) is 5.81. The van der Waals surface area contributed by atoms with Crippen molar-refractivity contribution in [1.29, 1.82) is 0 Å². The van der Waals surface area contributed by atoms with Crippen molar-refractivity contribution in [1.82, 2.24) is 0 Å². The topological polar surface area (TPSA) is 72.8 Å². The number of hydrogen-bond donors (Lipinski definition) is 1. The van der Waals surface area contributed by atoms with Crippen molar-refractivity contribution in [3.8, 4) is 11.5 Å². The highest BCUT2D eigenvalue weighted by atomic mass is 32.1. The van der Waals surface area contributed by atoms with Crippen molar-refractivity contribution in [2.24, 2.45) is 0 Å². The van der Waals surface area contributed by atoms with Crippen LogP contribution in [0.5, 0.6) is 11.5 Å². The van der Waals surface area contributed by atoms with E-state index < -0.39 is 5.97 Å². The number of ether oxygens (including phenoxy) is 2. The first-order valence-electron chi connectivity index (χ1n) is 5.00. The number of fused-ring (bicyclic) bond motifs is 1. The predicted molar refractivity (Wildman–Crippen MR) is 68.2 cm³/mol. The summed E-state index contributed by atoms with van der Waals surface area (Å²) in [6.07, 6.45) is 0. The van der Waals surface area contributed by atoms with Gasteiger partial charge in [0, 0.05) is 5.39 Å². The monoisotopic (exact) mass is 266 g/mol. The Balaban J connectivity index is 2.80. The van der Waals surface area contributed by atoms with Gasteiger partial charge in [0.15, 0.2) is 11.5 Å². The summed E-state index contributed by atoms with van der Waals surface area (Å²) in [6, 6.07) is 4.60. The zero-order valence-electron chi connectivity index (χ0n) is 9.72. The molecule has 0 amide bonds. The molecule has 0 radical (unpaired) electrons. The Morgan fingerprint density at radius 2 is 1.78 bits per heavy atom. The van der Waals surface area contributed by atoms with E-state index in [1.54, 1.807) is 12.1 Å². The van der Waals surface area contributed by atoms with Crippen LogP contribution in [0.2, 0.25) is 0 Å². The van der Waals surface area contributed by atoms with Gasteiger partial charge in [0.25, 0.3) is 0 Å². The third-order valence-electron chi connectivity index (χ3n) is 2.48. The molecule has 0 spiro atoms. The van der Waals surface area contributed by atoms with Crippen LogP contribution in [0.4, 0.5) is 0 Å². The number of carboxylic acids is 1. The lowest BCUT2D eigenvalue weighted by Crippen LogP contribution is -2.03. The Hall–Kier alpha value is -2.08. The van der Waals surface area contributed by atoms with Crippen molar-refractivity contribution < 1.29 is 19.4 Å². The lowest BCUT2D eigenvalue weighted by molar-refractivity contribution is 0.0702. The number of rotatable bonds is 3. The predicted octanol–water partition coefficient (Wildman–Crippen LogP) is 1.98. The molecule has 0 saturated heterocycles. The van der Waals surface area contributed by atoms with Crippen molar-refractivity contribution in [2.75, 3.05) is 14.2 Å². The summed E-state index contributed by atoms with van der Waals surface area (Å²) in [5, 5.41) is 9.85. The van der Waals surface area contributed by atoms with Crippen molar-refractivity contribution >= 4 is 28.1 Å². The molecule has 1 aromatic carbocycles. The van der Waals surface area contributed by atoms with Gasteiger partial charge in [-0.05, 0) is 23.6 Å². The van der Waals surface area contributed by atoms with E-state index in [2.05, 4.69) is 0 Å². The Morgan fingerprint density at radius 1 is 1.17 bits per heavy atom. The molecule has 1 heterocycles. The molecule has 1 N–H and O–H groups in total. The Morgan fingerprint density at radius 3 is 2.33 bits per heavy atom. The Labute approximate surface area is 106 Å². The third kappa shape index (κ3) is 2.02. The first kappa shape index (κ1) is 12.4. The highest BCUT2D eigenvalue weighted by Crippen LogP contribution is 2.31. The molecule has 0 saturated carbocycles. The molecule has 5 nitrogen and oxygen atoms in total. The van der Waals surface area contributed by atoms with Crippen LogP contribution in [-0.2, 0) is 0 Å². The van der Waals surface area contributed by atoms with E-state index in [0.717, 1.165) is 0 Å². The molecular formula is C12H10O5S. The number of benzene rings is 1. The minimum atomic E-state index is -1.12. The standard InChI is InChI=1S/C12H10O5S/c1-16-8-3-6-4-10(11(13)14)18-12(15)7(6)5-9(8)17-2/h3-5H,1-2H3,(H,13,14). The molecule has 0 atom stereocenters. The fourth-order valence-electron chi connectivity index (χ4n) is 1.62. The summed E-state index contributed by atoms with van der Waals surface area (Å²) in [6.45, 7) is 0. The molecule has 2 aromatic rings. The maximum absolute atomic E-state index is 11.8. The van der Waals surface area contributed by atoms with E-state index in [-0.39, 0.29) is 9.62 Å². The molecule has 2 rings (SSSR count). The van der Waals surface area contributed by atoms with Crippen LogP contribution in [0.1, 0.15) is 9.67 Å². The fraction of sp³-hybridized carbons (Fsp3) is 0.167. The van der Waals surface area contributed by atoms with Gasteiger partial charge in [-0.3, -0.25) is 4.79 Å². The highest BCUT2D eigenvalue weighted by molar-refractivity contribution is 7.11. The SMILES string of the molecule is COc1cc2cc(C(=O)O)sc(=O)c2cc1OC. The lowest BCUT2D eigenvalue weighted by atomic mass is 10.1. The third-order valence-corrected chi connectivity index (χ3v) is 3.39. The Bertz CT molecular complexity index is 674. The molecule has 0 bridgehead atoms. The minimum absolute atomic E-state index is 0.000259. The second-order valence-electron chi connectivity index (χ2n) is 3.50. The van der Waals surface area contributed by atoms with Gasteiger partial charge in [-0.25, -0.2) is 4.79 Å². The number of carboxylic acid groups (broad SMARTS) is 1. The van der Waals surface area contributed by atoms with E-state index in [9.17, 15) is 9.59 Å². The molecule has 6 heteroatoms. The summed E-state index contributed by atoms with van der Waals surface area (Å²) in [7, 11) is 2.95. The van der Waals surface area contributed by atoms with Crippen LogP contribution in [0.25, 0.3) is 10.8 Å². The largest absolute Gasteiger partial charge is 0.493 e. The summed E-state index contributed by atoms with van der Waals surface area (Å²) in [5.74, 6) is -0.219. The van der Waals surface area contributed by atoms with Gasteiger partial charge < -0.3 is 14.6 Å². The number of hydrogen-bond acceptors (Lipinski definition) is 5. The highest BCUT2D eigenvalue weighted by Gasteiger charge is 2.12. The maximum atomic E-state index is 11.8. The van der Waals surface area contributed by atoms with Crippen molar-refractivity contribution in [2.45, 2.75) is 0 Å². The molecule has 0 unspecified atom stereocenters. The van der Waals surface area contributed by atoms with Crippen LogP contribution in [0.15, 0.2) is 23.0 Å². The molecule has 94 valence electrons. The molecular weight excluding hydrogens is 256 g/mol. The van der Waals surface area contributed by atoms with E-state index >= 15 is 0 Å². The summed E-state index contributed by atoms with van der Waals surface area (Å²) in [4.78, 5) is 22.7. The second kappa shape index (κ2) is 4.66. The lowest BCUT2D eigenvalue weighted by Gasteiger charge is -2.08. The van der Waals surface area contributed by atoms with Crippen LogP contribution >= 0.6 is 11.3 Å². The van der Waals surface area contributed by atoms with Gasteiger partial charge in [-0.1, -0.05) is 11.3 Å². The molecule has 0 aliphatic rings. The van der Waals surface area contributed by atoms with E-state index in [1.807, 2.05) is 0 Å². The van der Waals surface area contributed by atoms with Gasteiger partial charge in [0.2, 0.25) is 4.74 Å². The molecule has 1 aromatic heterocycles. The number of methoxy groups -OCH3 is 2. The zero-order valence-corrected chi connectivity index (χ0v) is 10.5. The average molecular weight is 266 g/mol. The quantitative estimate of drug-likeness (QED) is 0.919. The average Bonchev–Trinajstić information content (AvgIpc) is 2.36. The summed E-state index contributed by atoms with van der Waals surface area (Å²) >= 11 is 0.696. The molecule has 18 heavy (non-hydrogen) atoms. The zero-order chi connectivity index (χ0) is 13.3. The van der Waals surface area contributed by atoms with Gasteiger partial charge in [-0.2, -0.15) is 0 Å². The van der Waals surface area contributed by atoms with Crippen LogP contribution < -0.4 is 14.2 Å². The smallest absolute Gasteiger partial charge is 0.346 e. The van der Waals surface area contributed by atoms with Crippen molar-refractivity contribution in [3.05, 3.63) is 32.6 Å². The minimum Gasteiger partial charge on any atom is -0.493 e. The van der Waals surface area contributed by atoms with Gasteiger partial charge >= 0.3 is 5.97 Å². The summed E-state index contributed by atoms with van der Waals surface area (Å²) in [5.41, 5.74) is 0. The van der Waals surface area contributed by atoms with Gasteiger partial charge in [0.05, 0.1) is 14.2 Å². The van der Waals surface area contributed by atoms with Crippen LogP contribution in [-0.4, -0.2) is 25.3 Å². The summed E-state index contributed by atoms with van der Waals surface area (Å²) < 4.78 is 9.90. The van der Waals surface area contributed by atoms with E-state index in [1.165, 1.54) is 20.3 Å². The molecule has 0 aliphatic heterocycles. The molecule has 0 fully saturated rings. The fourth-order valence-corrected chi connectivity index (χ4v) is 2.38. The van der Waals surface area contributed by atoms with Crippen LogP contribution in [0, 0.1) is 0 Å². The van der Waals surface area contributed by atoms with E-state index in [4.69, 9.17) is 14.6 Å². The first-order chi connectivity index (χ1) is 8.56. The number of aromatic carboxylic acids is 1. The second-order valence-corrected chi connectivity index (χ2v) is 4.51. The van der Waals surface area contributed by atoms with Gasteiger partial charge in [-0.15, -0.1) is 0 Å². The van der Waals surface area contributed by atoms with Gasteiger partial charge in [0.1, 0.15) is 4.88 Å². The number of carbonyl (C=O) groups is 1.